The van der Waals surface area contributed by atoms with Crippen molar-refractivity contribution in [1.29, 1.82) is 0 Å². The van der Waals surface area contributed by atoms with Gasteiger partial charge in [0.05, 0.1) is 6.20 Å². The highest BCUT2D eigenvalue weighted by molar-refractivity contribution is 5.98. The average molecular weight is 194 g/mol. The zero-order chi connectivity index (χ0) is 10.6. The van der Waals surface area contributed by atoms with Gasteiger partial charge >= 0.3 is 0 Å². The van der Waals surface area contributed by atoms with Crippen LogP contribution in [-0.4, -0.2) is 22.2 Å². The van der Waals surface area contributed by atoms with Crippen LogP contribution >= 0.6 is 0 Å². The van der Waals surface area contributed by atoms with Gasteiger partial charge in [-0.05, 0) is 6.92 Å². The van der Waals surface area contributed by atoms with Gasteiger partial charge in [-0.25, -0.2) is 0 Å². The lowest BCUT2D eigenvalue weighted by atomic mass is 10.3. The molecule has 1 aromatic heterocycles. The normalized spacial score (nSPS) is 10.7. The van der Waals surface area contributed by atoms with Gasteiger partial charge in [-0.15, -0.1) is 0 Å². The number of hydrogen-bond donors (Lipinski definition) is 2. The van der Waals surface area contributed by atoms with Gasteiger partial charge in [0.1, 0.15) is 11.4 Å². The van der Waals surface area contributed by atoms with Crippen LogP contribution < -0.4 is 11.1 Å². The highest BCUT2D eigenvalue weighted by Crippen LogP contribution is 2.08. The van der Waals surface area contributed by atoms with Crippen molar-refractivity contribution in [2.24, 2.45) is 7.05 Å². The van der Waals surface area contributed by atoms with Crippen LogP contribution in [0.25, 0.3) is 0 Å². The van der Waals surface area contributed by atoms with Crippen LogP contribution in [0, 0.1) is 0 Å². The first-order valence-electron chi connectivity index (χ1n) is 4.33. The third-order valence-corrected chi connectivity index (χ3v) is 1.85. The summed E-state index contributed by atoms with van der Waals surface area (Å²) in [4.78, 5) is 11.5. The molecule has 76 valence electrons. The second-order valence-electron chi connectivity index (χ2n) is 2.85. The third-order valence-electron chi connectivity index (χ3n) is 1.85. The Bertz CT molecular complexity index is 354. The van der Waals surface area contributed by atoms with Crippen molar-refractivity contribution < 1.29 is 4.79 Å². The molecule has 5 nitrogen and oxygen atoms in total. The van der Waals surface area contributed by atoms with E-state index in [1.54, 1.807) is 7.05 Å². The van der Waals surface area contributed by atoms with E-state index in [0.717, 1.165) is 0 Å². The molecule has 0 aromatic carbocycles. The minimum Gasteiger partial charge on any atom is -0.383 e. The summed E-state index contributed by atoms with van der Waals surface area (Å²) in [5.74, 6) is 0.177. The van der Waals surface area contributed by atoms with Crippen LogP contribution in [0.3, 0.4) is 0 Å². The fraction of sp³-hybridized carbons (Fsp3) is 0.333. The van der Waals surface area contributed by atoms with Crippen molar-refractivity contribution >= 4 is 11.7 Å². The molecule has 1 heterocycles. The van der Waals surface area contributed by atoms with Crippen LogP contribution in [-0.2, 0) is 7.05 Å². The SMILES string of the molecule is C/C=C/CNC(=O)c1cnn(C)c1N. The summed E-state index contributed by atoms with van der Waals surface area (Å²) < 4.78 is 1.46. The number of nitrogen functional groups attached to an aromatic ring is 1. The molecule has 0 radical (unpaired) electrons. The maximum atomic E-state index is 11.5. The number of allylic oxidation sites excluding steroid dienone is 1. The second-order valence-corrected chi connectivity index (χ2v) is 2.85. The molecule has 0 aliphatic rings. The Morgan fingerprint density at radius 2 is 2.50 bits per heavy atom. The number of amides is 1. The summed E-state index contributed by atoms with van der Waals surface area (Å²) in [5, 5.41) is 6.57. The minimum absolute atomic E-state index is 0.200. The lowest BCUT2D eigenvalue weighted by molar-refractivity contribution is 0.0959. The van der Waals surface area contributed by atoms with Crippen LogP contribution in [0.4, 0.5) is 5.82 Å². The van der Waals surface area contributed by atoms with Crippen LogP contribution in [0.2, 0.25) is 0 Å². The topological polar surface area (TPSA) is 72.9 Å². The Kier molecular flexibility index (Phi) is 3.28. The van der Waals surface area contributed by atoms with E-state index >= 15 is 0 Å². The maximum Gasteiger partial charge on any atom is 0.256 e. The lowest BCUT2D eigenvalue weighted by Crippen LogP contribution is -2.23. The minimum atomic E-state index is -0.200. The molecule has 1 aromatic rings. The summed E-state index contributed by atoms with van der Waals surface area (Å²) in [6.45, 7) is 2.40. The van der Waals surface area contributed by atoms with Gasteiger partial charge < -0.3 is 11.1 Å². The molecule has 0 saturated carbocycles. The van der Waals surface area contributed by atoms with Crippen molar-refractivity contribution in [2.75, 3.05) is 12.3 Å². The Balaban J connectivity index is 2.65. The number of anilines is 1. The summed E-state index contributed by atoms with van der Waals surface area (Å²) in [7, 11) is 1.69. The Morgan fingerprint density at radius 3 is 3.00 bits per heavy atom. The number of nitrogens with one attached hydrogen (secondary N) is 1. The maximum absolute atomic E-state index is 11.5. The molecule has 0 spiro atoms. The molecule has 0 bridgehead atoms. The first-order chi connectivity index (χ1) is 6.66. The Morgan fingerprint density at radius 1 is 1.79 bits per heavy atom. The first-order valence-corrected chi connectivity index (χ1v) is 4.33. The third kappa shape index (κ3) is 2.12. The van der Waals surface area contributed by atoms with E-state index in [0.29, 0.717) is 17.9 Å². The molecule has 0 aliphatic carbocycles. The molecule has 14 heavy (non-hydrogen) atoms. The smallest absolute Gasteiger partial charge is 0.256 e. The molecule has 5 heteroatoms. The molecular weight excluding hydrogens is 180 g/mol. The van der Waals surface area contributed by atoms with Gasteiger partial charge in [0.15, 0.2) is 0 Å². The summed E-state index contributed by atoms with van der Waals surface area (Å²) in [5.41, 5.74) is 6.04. The lowest BCUT2D eigenvalue weighted by Gasteiger charge is -2.00. The first kappa shape index (κ1) is 10.3. The van der Waals surface area contributed by atoms with Gasteiger partial charge in [0, 0.05) is 13.6 Å². The number of aryl methyl sites for hydroxylation is 1. The number of carbonyl (C=O) groups excluding carboxylic acids is 1. The van der Waals surface area contributed by atoms with E-state index < -0.39 is 0 Å². The summed E-state index contributed by atoms with van der Waals surface area (Å²) >= 11 is 0. The molecule has 1 amide bonds. The summed E-state index contributed by atoms with van der Waals surface area (Å²) in [6, 6.07) is 0. The standard InChI is InChI=1S/C9H14N4O/c1-3-4-5-11-9(14)7-6-12-13(2)8(7)10/h3-4,6H,5,10H2,1-2H3,(H,11,14)/b4-3+. The molecule has 0 fully saturated rings. The highest BCUT2D eigenvalue weighted by atomic mass is 16.1. The van der Waals surface area contributed by atoms with Gasteiger partial charge in [0.2, 0.25) is 0 Å². The van der Waals surface area contributed by atoms with Crippen molar-refractivity contribution in [3.63, 3.8) is 0 Å². The fourth-order valence-electron chi connectivity index (χ4n) is 0.987. The fourth-order valence-corrected chi connectivity index (χ4v) is 0.987. The van der Waals surface area contributed by atoms with Gasteiger partial charge in [0.25, 0.3) is 5.91 Å². The van der Waals surface area contributed by atoms with Crippen LogP contribution in [0.5, 0.6) is 0 Å². The predicted molar refractivity (Wildman–Crippen MR) is 54.8 cm³/mol. The Labute approximate surface area is 82.6 Å². The van der Waals surface area contributed by atoms with Crippen LogP contribution in [0.15, 0.2) is 18.3 Å². The number of rotatable bonds is 3. The second kappa shape index (κ2) is 4.45. The van der Waals surface area contributed by atoms with E-state index in [-0.39, 0.29) is 5.91 Å². The zero-order valence-corrected chi connectivity index (χ0v) is 8.32. The van der Waals surface area contributed by atoms with Crippen molar-refractivity contribution in [3.05, 3.63) is 23.9 Å². The number of aromatic nitrogens is 2. The van der Waals surface area contributed by atoms with E-state index in [1.165, 1.54) is 10.9 Å². The number of carbonyl (C=O) groups is 1. The largest absolute Gasteiger partial charge is 0.383 e. The molecule has 0 aliphatic heterocycles. The number of nitrogens with two attached hydrogens (primary N) is 1. The molecule has 0 saturated heterocycles. The monoisotopic (exact) mass is 194 g/mol. The number of nitrogens with zero attached hydrogens (tertiary/aromatic N) is 2. The average Bonchev–Trinajstić information content (AvgIpc) is 2.48. The predicted octanol–water partition coefficient (Wildman–Crippen LogP) is 0.308. The molecule has 0 unspecified atom stereocenters. The molecule has 3 N–H and O–H groups in total. The molecule has 0 atom stereocenters. The van der Waals surface area contributed by atoms with E-state index in [4.69, 9.17) is 5.73 Å². The van der Waals surface area contributed by atoms with Crippen LogP contribution in [0.1, 0.15) is 17.3 Å². The zero-order valence-electron chi connectivity index (χ0n) is 8.32. The van der Waals surface area contributed by atoms with E-state index in [1.807, 2.05) is 19.1 Å². The van der Waals surface area contributed by atoms with E-state index in [9.17, 15) is 4.79 Å². The van der Waals surface area contributed by atoms with Gasteiger partial charge in [-0.3, -0.25) is 9.48 Å². The molecular formula is C9H14N4O. The van der Waals surface area contributed by atoms with Crippen molar-refractivity contribution in [1.82, 2.24) is 15.1 Å². The van der Waals surface area contributed by atoms with Crippen molar-refractivity contribution in [3.8, 4) is 0 Å². The van der Waals surface area contributed by atoms with Gasteiger partial charge in [-0.1, -0.05) is 12.2 Å². The highest BCUT2D eigenvalue weighted by Gasteiger charge is 2.11. The van der Waals surface area contributed by atoms with E-state index in [2.05, 4.69) is 10.4 Å². The van der Waals surface area contributed by atoms with Crippen molar-refractivity contribution in [2.45, 2.75) is 6.92 Å². The van der Waals surface area contributed by atoms with Gasteiger partial charge in [-0.2, -0.15) is 5.10 Å². The Hall–Kier alpha value is -1.78. The number of hydrogen-bond acceptors (Lipinski definition) is 3. The molecule has 1 rings (SSSR count). The summed E-state index contributed by atoms with van der Waals surface area (Å²) in [6.07, 6.45) is 5.18. The quantitative estimate of drug-likeness (QED) is 0.680.